The van der Waals surface area contributed by atoms with Gasteiger partial charge in [-0.3, -0.25) is 9.36 Å². The van der Waals surface area contributed by atoms with E-state index >= 15 is 0 Å². The summed E-state index contributed by atoms with van der Waals surface area (Å²) in [5, 5.41) is 0.781. The van der Waals surface area contributed by atoms with Crippen molar-refractivity contribution < 1.29 is 9.53 Å². The number of rotatable bonds is 4. The maximum atomic E-state index is 13.5. The summed E-state index contributed by atoms with van der Waals surface area (Å²) < 4.78 is 7.27. The quantitative estimate of drug-likeness (QED) is 0.536. The van der Waals surface area contributed by atoms with Gasteiger partial charge in [-0.25, -0.2) is 9.79 Å². The zero-order valence-electron chi connectivity index (χ0n) is 16.8. The van der Waals surface area contributed by atoms with Crippen LogP contribution in [0.1, 0.15) is 31.0 Å². The van der Waals surface area contributed by atoms with Crippen molar-refractivity contribution in [3.8, 4) is 0 Å². The summed E-state index contributed by atoms with van der Waals surface area (Å²) in [5.41, 5.74) is 2.06. The maximum Gasteiger partial charge on any atom is 0.338 e. The van der Waals surface area contributed by atoms with Gasteiger partial charge in [-0.05, 0) is 37.1 Å². The first kappa shape index (κ1) is 21.6. The van der Waals surface area contributed by atoms with Crippen molar-refractivity contribution in [2.45, 2.75) is 19.9 Å². The van der Waals surface area contributed by atoms with Gasteiger partial charge in [0.2, 0.25) is 0 Å². The van der Waals surface area contributed by atoms with E-state index < -0.39 is 12.0 Å². The first-order chi connectivity index (χ1) is 14.9. The molecule has 0 fully saturated rings. The fourth-order valence-electron chi connectivity index (χ4n) is 3.52. The highest BCUT2D eigenvalue weighted by Gasteiger charge is 2.33. The Morgan fingerprint density at radius 1 is 1.19 bits per heavy atom. The van der Waals surface area contributed by atoms with E-state index in [2.05, 4.69) is 4.99 Å². The second-order valence-corrected chi connectivity index (χ2v) is 8.65. The lowest BCUT2D eigenvalue weighted by atomic mass is 9.96. The average molecular weight is 473 g/mol. The molecule has 0 radical (unpaired) electrons. The Bertz CT molecular complexity index is 1370. The summed E-state index contributed by atoms with van der Waals surface area (Å²) in [5.74, 6) is -0.482. The highest BCUT2D eigenvalue weighted by Crippen LogP contribution is 2.30. The van der Waals surface area contributed by atoms with Gasteiger partial charge in [0.25, 0.3) is 5.56 Å². The molecular formula is C23H18Cl2N2O3S. The third-order valence-corrected chi connectivity index (χ3v) is 6.72. The summed E-state index contributed by atoms with van der Waals surface area (Å²) in [7, 11) is 0. The molecule has 5 nitrogen and oxygen atoms in total. The van der Waals surface area contributed by atoms with E-state index in [0.717, 1.165) is 5.56 Å². The van der Waals surface area contributed by atoms with Gasteiger partial charge >= 0.3 is 5.97 Å². The minimum Gasteiger partial charge on any atom is -0.463 e. The van der Waals surface area contributed by atoms with Crippen LogP contribution in [0, 0.1) is 0 Å². The number of benzene rings is 2. The Labute approximate surface area is 192 Å². The number of esters is 1. The third-order valence-electron chi connectivity index (χ3n) is 4.90. The number of hydrogen-bond acceptors (Lipinski definition) is 5. The summed E-state index contributed by atoms with van der Waals surface area (Å²) in [6.45, 7) is 3.73. The molecule has 3 aromatic rings. The van der Waals surface area contributed by atoms with E-state index in [-0.39, 0.29) is 12.2 Å². The first-order valence-electron chi connectivity index (χ1n) is 9.61. The van der Waals surface area contributed by atoms with Crippen molar-refractivity contribution in [1.29, 1.82) is 0 Å². The summed E-state index contributed by atoms with van der Waals surface area (Å²) in [6.07, 6.45) is 1.70. The molecular weight excluding hydrogens is 455 g/mol. The molecule has 1 aliphatic rings. The molecule has 1 aliphatic heterocycles. The van der Waals surface area contributed by atoms with Crippen molar-refractivity contribution in [3.63, 3.8) is 0 Å². The van der Waals surface area contributed by atoms with E-state index in [4.69, 9.17) is 27.9 Å². The normalized spacial score (nSPS) is 16.1. The van der Waals surface area contributed by atoms with Gasteiger partial charge < -0.3 is 4.74 Å². The molecule has 4 rings (SSSR count). The molecule has 0 spiro atoms. The van der Waals surface area contributed by atoms with Gasteiger partial charge in [0.05, 0.1) is 38.5 Å². The van der Waals surface area contributed by atoms with Crippen LogP contribution in [0.2, 0.25) is 10.0 Å². The minimum atomic E-state index is -0.631. The molecule has 0 aliphatic carbocycles. The Kier molecular flexibility index (Phi) is 6.14. The number of aromatic nitrogens is 1. The zero-order valence-corrected chi connectivity index (χ0v) is 19.1. The Morgan fingerprint density at radius 2 is 1.94 bits per heavy atom. The monoisotopic (exact) mass is 472 g/mol. The second-order valence-electron chi connectivity index (χ2n) is 6.86. The van der Waals surface area contributed by atoms with Crippen LogP contribution in [0.3, 0.4) is 0 Å². The van der Waals surface area contributed by atoms with Crippen molar-refractivity contribution >= 4 is 46.6 Å². The molecule has 2 heterocycles. The fourth-order valence-corrected chi connectivity index (χ4v) is 4.92. The van der Waals surface area contributed by atoms with Crippen LogP contribution in [0.15, 0.2) is 69.6 Å². The first-order valence-corrected chi connectivity index (χ1v) is 11.2. The Hall–Kier alpha value is -2.67. The van der Waals surface area contributed by atoms with Crippen molar-refractivity contribution in [1.82, 2.24) is 4.57 Å². The predicted octanol–water partition coefficient (Wildman–Crippen LogP) is 4.11. The molecule has 1 aromatic heterocycles. The largest absolute Gasteiger partial charge is 0.463 e. The molecule has 0 amide bonds. The second kappa shape index (κ2) is 8.83. The van der Waals surface area contributed by atoms with Crippen molar-refractivity contribution in [2.24, 2.45) is 4.99 Å². The summed E-state index contributed by atoms with van der Waals surface area (Å²) >= 11 is 13.7. The van der Waals surface area contributed by atoms with Crippen molar-refractivity contribution in [2.75, 3.05) is 6.61 Å². The smallest absolute Gasteiger partial charge is 0.338 e. The number of thiazole rings is 1. The number of allylic oxidation sites excluding steroid dienone is 1. The van der Waals surface area contributed by atoms with Gasteiger partial charge in [-0.1, -0.05) is 77.0 Å². The minimum absolute atomic E-state index is 0.231. The van der Waals surface area contributed by atoms with Gasteiger partial charge in [-0.2, -0.15) is 0 Å². The van der Waals surface area contributed by atoms with E-state index in [0.29, 0.717) is 36.2 Å². The van der Waals surface area contributed by atoms with Crippen LogP contribution >= 0.6 is 34.5 Å². The van der Waals surface area contributed by atoms with Gasteiger partial charge in [0, 0.05) is 0 Å². The van der Waals surface area contributed by atoms with E-state index in [1.165, 1.54) is 11.3 Å². The molecule has 8 heteroatoms. The number of halogens is 2. The molecule has 2 aromatic carbocycles. The van der Waals surface area contributed by atoms with E-state index in [9.17, 15) is 9.59 Å². The summed E-state index contributed by atoms with van der Waals surface area (Å²) in [4.78, 5) is 31.3. The van der Waals surface area contributed by atoms with Gasteiger partial charge in [0.1, 0.15) is 0 Å². The van der Waals surface area contributed by atoms with Crippen LogP contribution in [-0.2, 0) is 9.53 Å². The van der Waals surface area contributed by atoms with Gasteiger partial charge in [0.15, 0.2) is 4.80 Å². The molecule has 1 unspecified atom stereocenters. The number of carbonyl (C=O) groups excluding carboxylic acids is 1. The van der Waals surface area contributed by atoms with Crippen LogP contribution < -0.4 is 14.9 Å². The number of hydrogen-bond donors (Lipinski definition) is 0. The SMILES string of the molecule is CCOC(=O)C1=C(C)N=c2s/c(=C/c3cccc(Cl)c3Cl)c(=O)n2C1c1ccccc1. The molecule has 0 saturated carbocycles. The van der Waals surface area contributed by atoms with E-state index in [1.54, 1.807) is 42.7 Å². The van der Waals surface area contributed by atoms with E-state index in [1.807, 2.05) is 30.3 Å². The number of nitrogens with zero attached hydrogens (tertiary/aromatic N) is 2. The predicted molar refractivity (Wildman–Crippen MR) is 123 cm³/mol. The number of fused-ring (bicyclic) bond motifs is 1. The third kappa shape index (κ3) is 3.99. The van der Waals surface area contributed by atoms with Crippen molar-refractivity contribution in [3.05, 3.63) is 101 Å². The topological polar surface area (TPSA) is 60.7 Å². The number of carbonyl (C=O) groups is 1. The molecule has 1 atom stereocenters. The van der Waals surface area contributed by atoms with Crippen LogP contribution in [0.4, 0.5) is 0 Å². The highest BCUT2D eigenvalue weighted by molar-refractivity contribution is 7.07. The van der Waals surface area contributed by atoms with Crippen LogP contribution in [0.25, 0.3) is 6.08 Å². The van der Waals surface area contributed by atoms with Crippen LogP contribution in [-0.4, -0.2) is 17.1 Å². The van der Waals surface area contributed by atoms with Gasteiger partial charge in [-0.15, -0.1) is 0 Å². The molecule has 0 N–H and O–H groups in total. The molecule has 158 valence electrons. The van der Waals surface area contributed by atoms with Crippen LogP contribution in [0.5, 0.6) is 0 Å². The Morgan fingerprint density at radius 3 is 2.65 bits per heavy atom. The maximum absolute atomic E-state index is 13.5. The summed E-state index contributed by atoms with van der Waals surface area (Å²) in [6, 6.07) is 14.0. The standard InChI is InChI=1S/C23H18Cl2N2O3S/c1-3-30-22(29)18-13(2)26-23-27(20(18)14-8-5-4-6-9-14)21(28)17(31-23)12-15-10-7-11-16(24)19(15)25/h4-12,20H,3H2,1-2H3/b17-12+. The lowest BCUT2D eigenvalue weighted by Gasteiger charge is -2.24. The number of ether oxygens (including phenoxy) is 1. The molecule has 0 bridgehead atoms. The Balaban J connectivity index is 1.97. The lowest BCUT2D eigenvalue weighted by Crippen LogP contribution is -2.39. The average Bonchev–Trinajstić information content (AvgIpc) is 3.06. The molecule has 31 heavy (non-hydrogen) atoms. The fraction of sp³-hybridized carbons (Fsp3) is 0.174. The lowest BCUT2D eigenvalue weighted by molar-refractivity contribution is -0.139. The molecule has 0 saturated heterocycles. The highest BCUT2D eigenvalue weighted by atomic mass is 35.5. The zero-order chi connectivity index (χ0) is 22.1.